The second kappa shape index (κ2) is 6.30. The van der Waals surface area contributed by atoms with Gasteiger partial charge in [-0.3, -0.25) is 14.4 Å². The van der Waals surface area contributed by atoms with Gasteiger partial charge < -0.3 is 20.3 Å². The van der Waals surface area contributed by atoms with Gasteiger partial charge in [0.05, 0.1) is 17.9 Å². The highest BCUT2D eigenvalue weighted by Gasteiger charge is 2.74. The molecule has 2 saturated heterocycles. The third kappa shape index (κ3) is 2.92. The molecule has 1 spiro atoms. The van der Waals surface area contributed by atoms with Crippen LogP contribution in [0, 0.1) is 11.8 Å². The van der Waals surface area contributed by atoms with Crippen LogP contribution >= 0.6 is 0 Å². The molecule has 0 aromatic rings. The van der Waals surface area contributed by atoms with Crippen molar-refractivity contribution in [3.63, 3.8) is 0 Å². The lowest BCUT2D eigenvalue weighted by Gasteiger charge is -2.34. The van der Waals surface area contributed by atoms with Crippen LogP contribution in [0.3, 0.4) is 0 Å². The third-order valence-corrected chi connectivity index (χ3v) is 7.00. The number of fused-ring (bicyclic) bond motifs is 1. The number of amides is 3. The molecule has 0 aromatic heterocycles. The quantitative estimate of drug-likeness (QED) is 0.695. The van der Waals surface area contributed by atoms with E-state index in [4.69, 9.17) is 4.74 Å². The number of carbonyl (C=O) groups is 3. The van der Waals surface area contributed by atoms with Crippen LogP contribution in [0.25, 0.3) is 0 Å². The van der Waals surface area contributed by atoms with E-state index in [-0.39, 0.29) is 29.8 Å². The van der Waals surface area contributed by atoms with Crippen molar-refractivity contribution in [2.45, 2.75) is 94.7 Å². The summed E-state index contributed by atoms with van der Waals surface area (Å²) in [5.74, 6) is -1.56. The molecule has 4 fully saturated rings. The molecule has 3 heterocycles. The SMILES string of the molecule is CC(C)(C)NC(=O)[C@@H]1N(C2CC2)C(=O)[C@H]2[C@@H](C(=O)NC3CCCC3)[C@H]3C=C[C@]12O3. The van der Waals surface area contributed by atoms with Gasteiger partial charge in [-0.2, -0.15) is 0 Å². The smallest absolute Gasteiger partial charge is 0.246 e. The number of likely N-dealkylation sites (tertiary alicyclic amines) is 1. The molecular formula is C22H31N3O4. The van der Waals surface area contributed by atoms with E-state index in [9.17, 15) is 14.4 Å². The summed E-state index contributed by atoms with van der Waals surface area (Å²) < 4.78 is 6.31. The number of hydrogen-bond acceptors (Lipinski definition) is 4. The monoisotopic (exact) mass is 401 g/mol. The van der Waals surface area contributed by atoms with Crippen molar-refractivity contribution in [1.29, 1.82) is 0 Å². The number of ether oxygens (including phenoxy) is 1. The maximum Gasteiger partial charge on any atom is 0.246 e. The molecule has 2 saturated carbocycles. The normalized spacial score (nSPS) is 38.6. The first-order valence-electron chi connectivity index (χ1n) is 11.0. The van der Waals surface area contributed by atoms with Gasteiger partial charge >= 0.3 is 0 Å². The molecule has 2 bridgehead atoms. The number of rotatable bonds is 4. The Bertz CT molecular complexity index is 777. The van der Waals surface area contributed by atoms with Crippen LogP contribution < -0.4 is 10.6 Å². The van der Waals surface area contributed by atoms with Crippen LogP contribution in [0.4, 0.5) is 0 Å². The first-order chi connectivity index (χ1) is 13.7. The van der Waals surface area contributed by atoms with Gasteiger partial charge in [-0.25, -0.2) is 0 Å². The van der Waals surface area contributed by atoms with Crippen molar-refractivity contribution in [3.05, 3.63) is 12.2 Å². The number of hydrogen-bond donors (Lipinski definition) is 2. The molecule has 158 valence electrons. The first kappa shape index (κ1) is 19.1. The largest absolute Gasteiger partial charge is 0.359 e. The lowest BCUT2D eigenvalue weighted by molar-refractivity contribution is -0.143. The highest BCUT2D eigenvalue weighted by Crippen LogP contribution is 2.57. The highest BCUT2D eigenvalue weighted by molar-refractivity contribution is 6.00. The minimum absolute atomic E-state index is 0.0767. The maximum absolute atomic E-state index is 13.5. The topological polar surface area (TPSA) is 87.7 Å². The van der Waals surface area contributed by atoms with Crippen LogP contribution in [-0.4, -0.2) is 58.0 Å². The molecule has 0 aromatic carbocycles. The number of carbonyl (C=O) groups excluding carboxylic acids is 3. The van der Waals surface area contributed by atoms with Gasteiger partial charge in [0.15, 0.2) is 0 Å². The summed E-state index contributed by atoms with van der Waals surface area (Å²) in [4.78, 5) is 41.8. The second-order valence-corrected chi connectivity index (χ2v) is 10.4. The number of nitrogens with one attached hydrogen (secondary N) is 2. The molecule has 29 heavy (non-hydrogen) atoms. The summed E-state index contributed by atoms with van der Waals surface area (Å²) >= 11 is 0. The molecule has 5 rings (SSSR count). The Morgan fingerprint density at radius 1 is 1.14 bits per heavy atom. The lowest BCUT2D eigenvalue weighted by Crippen LogP contribution is -2.58. The van der Waals surface area contributed by atoms with E-state index >= 15 is 0 Å². The zero-order chi connectivity index (χ0) is 20.6. The van der Waals surface area contributed by atoms with Crippen LogP contribution in [-0.2, 0) is 19.1 Å². The van der Waals surface area contributed by atoms with Crippen molar-refractivity contribution in [2.24, 2.45) is 11.8 Å². The molecule has 2 aliphatic carbocycles. The maximum atomic E-state index is 13.5. The Hall–Kier alpha value is -1.89. The average molecular weight is 402 g/mol. The molecule has 3 aliphatic heterocycles. The van der Waals surface area contributed by atoms with Crippen LogP contribution in [0.2, 0.25) is 0 Å². The van der Waals surface area contributed by atoms with E-state index in [1.54, 1.807) is 4.90 Å². The fourth-order valence-corrected chi connectivity index (χ4v) is 5.76. The molecule has 5 aliphatic rings. The molecular weight excluding hydrogens is 370 g/mol. The van der Waals surface area contributed by atoms with Gasteiger partial charge in [0, 0.05) is 17.6 Å². The molecule has 3 amide bonds. The van der Waals surface area contributed by atoms with E-state index in [1.807, 2.05) is 32.9 Å². The van der Waals surface area contributed by atoms with Gasteiger partial charge in [0.2, 0.25) is 17.7 Å². The van der Waals surface area contributed by atoms with Crippen LogP contribution in [0.15, 0.2) is 12.2 Å². The van der Waals surface area contributed by atoms with Crippen molar-refractivity contribution < 1.29 is 19.1 Å². The summed E-state index contributed by atoms with van der Waals surface area (Å²) in [6, 6.07) is -0.442. The summed E-state index contributed by atoms with van der Waals surface area (Å²) in [7, 11) is 0. The Kier molecular flexibility index (Phi) is 4.15. The Balaban J connectivity index is 1.46. The van der Waals surface area contributed by atoms with Crippen molar-refractivity contribution in [1.82, 2.24) is 15.5 Å². The standard InChI is InChI=1S/C22H31N3O4/c1-21(2,3)24-19(27)17-22-11-10-14(29-22)15(18(26)23-12-6-4-5-7-12)16(22)20(28)25(17)13-8-9-13/h10-17H,4-9H2,1-3H3,(H,23,26)(H,24,27)/t14-,15+,16-,17+,22-/m1/s1. The van der Waals surface area contributed by atoms with E-state index in [0.717, 1.165) is 38.5 Å². The summed E-state index contributed by atoms with van der Waals surface area (Å²) in [5, 5.41) is 6.19. The Morgan fingerprint density at radius 2 is 1.83 bits per heavy atom. The zero-order valence-electron chi connectivity index (χ0n) is 17.4. The summed E-state index contributed by atoms with van der Waals surface area (Å²) in [5.41, 5.74) is -1.44. The molecule has 7 heteroatoms. The average Bonchev–Trinajstić information content (AvgIpc) is 2.99. The van der Waals surface area contributed by atoms with E-state index in [0.29, 0.717) is 0 Å². The van der Waals surface area contributed by atoms with Gasteiger partial charge in [0.1, 0.15) is 11.6 Å². The van der Waals surface area contributed by atoms with Crippen molar-refractivity contribution in [3.8, 4) is 0 Å². The van der Waals surface area contributed by atoms with E-state index in [1.165, 1.54) is 0 Å². The summed E-state index contributed by atoms with van der Waals surface area (Å²) in [6.07, 6.45) is 9.39. The molecule has 7 nitrogen and oxygen atoms in total. The van der Waals surface area contributed by atoms with E-state index in [2.05, 4.69) is 10.6 Å². The third-order valence-electron chi connectivity index (χ3n) is 7.00. The number of nitrogens with zero attached hydrogens (tertiary/aromatic N) is 1. The van der Waals surface area contributed by atoms with Gasteiger partial charge in [-0.05, 0) is 46.5 Å². The minimum atomic E-state index is -1.03. The van der Waals surface area contributed by atoms with Crippen molar-refractivity contribution in [2.75, 3.05) is 0 Å². The van der Waals surface area contributed by atoms with Crippen LogP contribution in [0.5, 0.6) is 0 Å². The predicted molar refractivity (Wildman–Crippen MR) is 106 cm³/mol. The zero-order valence-corrected chi connectivity index (χ0v) is 17.4. The van der Waals surface area contributed by atoms with Gasteiger partial charge in [-0.15, -0.1) is 0 Å². The van der Waals surface area contributed by atoms with Gasteiger partial charge in [0.25, 0.3) is 0 Å². The fraction of sp³-hybridized carbons (Fsp3) is 0.773. The first-order valence-corrected chi connectivity index (χ1v) is 11.0. The van der Waals surface area contributed by atoms with Gasteiger partial charge in [-0.1, -0.05) is 25.0 Å². The fourth-order valence-electron chi connectivity index (χ4n) is 5.76. The van der Waals surface area contributed by atoms with Crippen molar-refractivity contribution >= 4 is 17.7 Å². The minimum Gasteiger partial charge on any atom is -0.359 e. The molecule has 0 radical (unpaired) electrons. The molecule has 5 atom stereocenters. The van der Waals surface area contributed by atoms with E-state index < -0.39 is 35.1 Å². The Labute approximate surface area is 171 Å². The second-order valence-electron chi connectivity index (χ2n) is 10.4. The Morgan fingerprint density at radius 3 is 2.45 bits per heavy atom. The lowest BCUT2D eigenvalue weighted by atomic mass is 9.74. The summed E-state index contributed by atoms with van der Waals surface area (Å²) in [6.45, 7) is 5.79. The highest BCUT2D eigenvalue weighted by atomic mass is 16.5. The van der Waals surface area contributed by atoms with Crippen LogP contribution in [0.1, 0.15) is 59.3 Å². The predicted octanol–water partition coefficient (Wildman–Crippen LogP) is 1.27. The molecule has 2 N–H and O–H groups in total. The molecule has 0 unspecified atom stereocenters.